The highest BCUT2D eigenvalue weighted by atomic mass is 35.5. The highest BCUT2D eigenvalue weighted by Crippen LogP contribution is 2.34. The molecule has 4 rings (SSSR count). The van der Waals surface area contributed by atoms with Crippen LogP contribution in [0, 0.1) is 11.3 Å². The number of hydrogen-bond donors (Lipinski definition) is 0. The van der Waals surface area contributed by atoms with E-state index in [-0.39, 0.29) is 18.4 Å². The summed E-state index contributed by atoms with van der Waals surface area (Å²) < 4.78 is 42.6. The van der Waals surface area contributed by atoms with E-state index in [9.17, 15) is 22.8 Å². The Hall–Kier alpha value is -3.52. The van der Waals surface area contributed by atoms with Crippen LogP contribution in [0.2, 0.25) is 5.02 Å². The third-order valence-corrected chi connectivity index (χ3v) is 7.51. The monoisotopic (exact) mass is 563 g/mol. The Balaban J connectivity index is 1.54. The van der Waals surface area contributed by atoms with Gasteiger partial charge in [-0.25, -0.2) is 9.78 Å². The first-order valence-electron chi connectivity index (χ1n) is 12.7. The fourth-order valence-electron chi connectivity index (χ4n) is 5.18. The molecular formula is C27H29ClF3N5O3. The van der Waals surface area contributed by atoms with Crippen molar-refractivity contribution in [2.45, 2.75) is 49.9 Å². The van der Waals surface area contributed by atoms with E-state index in [1.807, 2.05) is 23.1 Å². The van der Waals surface area contributed by atoms with Crippen molar-refractivity contribution < 1.29 is 27.5 Å². The molecule has 0 saturated carbocycles. The van der Waals surface area contributed by atoms with Crippen LogP contribution >= 0.6 is 11.6 Å². The number of alkyl halides is 3. The number of aromatic nitrogens is 1. The third kappa shape index (κ3) is 6.92. The van der Waals surface area contributed by atoms with Gasteiger partial charge in [0.05, 0.1) is 18.0 Å². The quantitative estimate of drug-likeness (QED) is 0.492. The number of nitriles is 1. The first-order chi connectivity index (χ1) is 18.6. The molecule has 0 aliphatic carbocycles. The number of benzene rings is 1. The van der Waals surface area contributed by atoms with Gasteiger partial charge in [-0.05, 0) is 49.1 Å². The summed E-state index contributed by atoms with van der Waals surface area (Å²) in [5.74, 6) is 0.208. The molecule has 0 spiro atoms. The van der Waals surface area contributed by atoms with Crippen molar-refractivity contribution >= 4 is 29.4 Å². The van der Waals surface area contributed by atoms with Crippen molar-refractivity contribution in [3.05, 3.63) is 58.7 Å². The van der Waals surface area contributed by atoms with Gasteiger partial charge in [-0.3, -0.25) is 4.79 Å². The maximum absolute atomic E-state index is 13.9. The number of carbonyl (C=O) groups is 2. The van der Waals surface area contributed by atoms with Gasteiger partial charge >= 0.3 is 12.3 Å². The number of rotatable bonds is 6. The maximum Gasteiger partial charge on any atom is 0.409 e. The van der Waals surface area contributed by atoms with Gasteiger partial charge in [0, 0.05) is 43.8 Å². The van der Waals surface area contributed by atoms with Crippen LogP contribution in [-0.4, -0.2) is 78.3 Å². The summed E-state index contributed by atoms with van der Waals surface area (Å²) >= 11 is 6.07. The molecule has 2 saturated heterocycles. The average molecular weight is 564 g/mol. The van der Waals surface area contributed by atoms with E-state index in [0.29, 0.717) is 35.9 Å². The van der Waals surface area contributed by atoms with Gasteiger partial charge in [0.2, 0.25) is 5.91 Å². The van der Waals surface area contributed by atoms with Crippen LogP contribution < -0.4 is 4.90 Å². The standard InChI is InChI=1S/C27H29ClF3N5O3/c1-34(26(38)39-13-11-27(29,30)31)23-17-35(16-21(23)19-6-8-20(28)9-7-19)25(37)22-4-2-3-12-36(22)24-10-5-18(14-32)15-33-24/h5-10,15,21-23H,2-4,11-13,16-17H2,1H3/t21-,22?,23+/m0/s1. The molecule has 0 N–H and O–H groups in total. The number of nitrogens with zero attached hydrogens (tertiary/aromatic N) is 5. The first kappa shape index (κ1) is 28.5. The summed E-state index contributed by atoms with van der Waals surface area (Å²) in [7, 11) is 1.48. The molecule has 2 aliphatic heterocycles. The molecule has 0 bridgehead atoms. The van der Waals surface area contributed by atoms with E-state index in [2.05, 4.69) is 4.98 Å². The number of likely N-dealkylation sites (N-methyl/N-ethyl adjacent to an activating group) is 1. The smallest absolute Gasteiger partial charge is 0.409 e. The number of hydrogen-bond acceptors (Lipinski definition) is 6. The molecule has 2 fully saturated rings. The molecule has 8 nitrogen and oxygen atoms in total. The molecule has 2 amide bonds. The van der Waals surface area contributed by atoms with Crippen molar-refractivity contribution in [2.75, 3.05) is 38.2 Å². The first-order valence-corrected chi connectivity index (χ1v) is 13.1. The number of amides is 2. The number of anilines is 1. The van der Waals surface area contributed by atoms with Crippen LogP contribution in [0.1, 0.15) is 42.7 Å². The van der Waals surface area contributed by atoms with Gasteiger partial charge in [0.25, 0.3) is 0 Å². The molecule has 1 aromatic carbocycles. The molecule has 2 aromatic rings. The van der Waals surface area contributed by atoms with Gasteiger partial charge in [0.1, 0.15) is 24.5 Å². The number of piperidine rings is 1. The van der Waals surface area contributed by atoms with E-state index in [1.165, 1.54) is 18.1 Å². The van der Waals surface area contributed by atoms with E-state index in [4.69, 9.17) is 21.6 Å². The van der Waals surface area contributed by atoms with Gasteiger partial charge in [-0.15, -0.1) is 0 Å². The van der Waals surface area contributed by atoms with E-state index in [0.717, 1.165) is 18.4 Å². The lowest BCUT2D eigenvalue weighted by molar-refractivity contribution is -0.142. The number of carbonyl (C=O) groups excluding carboxylic acids is 2. The van der Waals surface area contributed by atoms with Gasteiger partial charge in [-0.2, -0.15) is 18.4 Å². The van der Waals surface area contributed by atoms with Crippen LogP contribution in [0.25, 0.3) is 0 Å². The Morgan fingerprint density at radius 1 is 1.18 bits per heavy atom. The summed E-state index contributed by atoms with van der Waals surface area (Å²) in [4.78, 5) is 35.9. The molecule has 3 atom stereocenters. The molecular weight excluding hydrogens is 535 g/mol. The molecule has 3 heterocycles. The minimum Gasteiger partial charge on any atom is -0.449 e. The Labute approximate surface area is 229 Å². The molecule has 208 valence electrons. The molecule has 39 heavy (non-hydrogen) atoms. The largest absolute Gasteiger partial charge is 0.449 e. The Kier molecular flexibility index (Phi) is 8.85. The van der Waals surface area contributed by atoms with Crippen LogP contribution in [-0.2, 0) is 9.53 Å². The molecule has 0 radical (unpaired) electrons. The predicted molar refractivity (Wildman–Crippen MR) is 138 cm³/mol. The molecule has 12 heteroatoms. The summed E-state index contributed by atoms with van der Waals surface area (Å²) in [6.45, 7) is 0.374. The van der Waals surface area contributed by atoms with Gasteiger partial charge in [-0.1, -0.05) is 23.7 Å². The highest BCUT2D eigenvalue weighted by Gasteiger charge is 2.43. The minimum atomic E-state index is -4.43. The van der Waals surface area contributed by atoms with E-state index < -0.39 is 37.4 Å². The molecule has 1 aromatic heterocycles. The SMILES string of the molecule is CN(C(=O)OCCC(F)(F)F)[C@@H]1CN(C(=O)C2CCCCN2c2ccc(C#N)cn2)C[C@H]1c1ccc(Cl)cc1. The topological polar surface area (TPSA) is 89.8 Å². The van der Waals surface area contributed by atoms with Crippen molar-refractivity contribution in [2.24, 2.45) is 0 Å². The summed E-state index contributed by atoms with van der Waals surface area (Å²) in [6, 6.07) is 11.6. The Morgan fingerprint density at radius 2 is 1.92 bits per heavy atom. The maximum atomic E-state index is 13.9. The lowest BCUT2D eigenvalue weighted by Gasteiger charge is -2.37. The number of ether oxygens (including phenoxy) is 1. The lowest BCUT2D eigenvalue weighted by atomic mass is 9.93. The lowest BCUT2D eigenvalue weighted by Crippen LogP contribution is -2.51. The summed E-state index contributed by atoms with van der Waals surface area (Å²) in [6.07, 6.45) is -2.67. The van der Waals surface area contributed by atoms with Crippen molar-refractivity contribution in [3.63, 3.8) is 0 Å². The normalized spacial score (nSPS) is 21.4. The van der Waals surface area contributed by atoms with E-state index >= 15 is 0 Å². The van der Waals surface area contributed by atoms with Crippen molar-refractivity contribution in [1.82, 2.24) is 14.8 Å². The number of pyridine rings is 1. The fraction of sp³-hybridized carbons (Fsp3) is 0.481. The second-order valence-electron chi connectivity index (χ2n) is 9.78. The second kappa shape index (κ2) is 12.1. The van der Waals surface area contributed by atoms with Gasteiger partial charge in [0.15, 0.2) is 0 Å². The predicted octanol–water partition coefficient (Wildman–Crippen LogP) is 4.98. The van der Waals surface area contributed by atoms with Crippen molar-refractivity contribution in [1.29, 1.82) is 5.26 Å². The molecule has 1 unspecified atom stereocenters. The zero-order valence-electron chi connectivity index (χ0n) is 21.4. The van der Waals surface area contributed by atoms with Crippen LogP contribution in [0.3, 0.4) is 0 Å². The average Bonchev–Trinajstić information content (AvgIpc) is 3.37. The second-order valence-corrected chi connectivity index (χ2v) is 10.2. The van der Waals surface area contributed by atoms with Crippen LogP contribution in [0.5, 0.6) is 0 Å². The van der Waals surface area contributed by atoms with Crippen molar-refractivity contribution in [3.8, 4) is 6.07 Å². The summed E-state index contributed by atoms with van der Waals surface area (Å²) in [5.41, 5.74) is 1.28. The minimum absolute atomic E-state index is 0.110. The highest BCUT2D eigenvalue weighted by molar-refractivity contribution is 6.30. The number of likely N-dealkylation sites (tertiary alicyclic amines) is 1. The van der Waals surface area contributed by atoms with Crippen LogP contribution in [0.15, 0.2) is 42.6 Å². The zero-order valence-corrected chi connectivity index (χ0v) is 22.2. The van der Waals surface area contributed by atoms with Gasteiger partial charge < -0.3 is 19.4 Å². The zero-order chi connectivity index (χ0) is 28.2. The third-order valence-electron chi connectivity index (χ3n) is 7.25. The fourth-order valence-corrected chi connectivity index (χ4v) is 5.31. The van der Waals surface area contributed by atoms with E-state index in [1.54, 1.807) is 29.2 Å². The molecule has 2 aliphatic rings. The Bertz CT molecular complexity index is 1200. The Morgan fingerprint density at radius 3 is 2.56 bits per heavy atom. The number of halogens is 4. The van der Waals surface area contributed by atoms with Crippen LogP contribution in [0.4, 0.5) is 23.8 Å². The summed E-state index contributed by atoms with van der Waals surface area (Å²) in [5, 5.41) is 9.63.